The molecule has 4 rings (SSSR count). The summed E-state index contributed by atoms with van der Waals surface area (Å²) in [6, 6.07) is 13.3. The van der Waals surface area contributed by atoms with E-state index in [1.165, 1.54) is 11.3 Å². The Morgan fingerprint density at radius 2 is 1.91 bits per heavy atom. The fraction of sp³-hybridized carbons (Fsp3) is 0.320. The van der Waals surface area contributed by atoms with Crippen molar-refractivity contribution >= 4 is 28.8 Å². The minimum Gasteiger partial charge on any atom is -0.493 e. The molecule has 0 radical (unpaired) electrons. The first-order valence-corrected chi connectivity index (χ1v) is 11.8. The molecule has 1 aromatic heterocycles. The third-order valence-corrected chi connectivity index (χ3v) is 6.47. The van der Waals surface area contributed by atoms with Crippen LogP contribution in [0, 0.1) is 6.92 Å². The lowest BCUT2D eigenvalue weighted by Gasteiger charge is -2.18. The highest BCUT2D eigenvalue weighted by atomic mass is 32.1. The molecule has 0 saturated carbocycles. The molecule has 0 atom stereocenters. The molecule has 1 aliphatic heterocycles. The minimum atomic E-state index is -0.159. The summed E-state index contributed by atoms with van der Waals surface area (Å²) in [5, 5.41) is 5.68. The first kappa shape index (κ1) is 22.0. The van der Waals surface area contributed by atoms with Crippen LogP contribution < -0.4 is 10.1 Å². The van der Waals surface area contributed by atoms with E-state index < -0.39 is 0 Å². The summed E-state index contributed by atoms with van der Waals surface area (Å²) < 4.78 is 5.70. The Bertz CT molecular complexity index is 1120. The lowest BCUT2D eigenvalue weighted by atomic mass is 10.1. The summed E-state index contributed by atoms with van der Waals surface area (Å²) in [5.74, 6) is 0.664. The number of nitrogens with zero attached hydrogens (tertiary/aromatic N) is 2. The van der Waals surface area contributed by atoms with Crippen molar-refractivity contribution < 1.29 is 14.3 Å². The van der Waals surface area contributed by atoms with Crippen LogP contribution in [0.1, 0.15) is 41.4 Å². The van der Waals surface area contributed by atoms with Gasteiger partial charge in [-0.1, -0.05) is 18.2 Å². The standard InChI is InChI=1S/C25H27N3O3S/c1-3-31-22-12-5-4-9-20(22)24-26-18(16-32-24)15-23(29)27-21-11-8-10-19(17(21)2)25(30)28-13-6-7-14-28/h4-5,8-12,16H,3,6-7,13-15H2,1-2H3,(H,27,29). The number of thiazole rings is 1. The third kappa shape index (κ3) is 4.83. The van der Waals surface area contributed by atoms with E-state index in [4.69, 9.17) is 4.74 Å². The van der Waals surface area contributed by atoms with Gasteiger partial charge in [-0.15, -0.1) is 11.3 Å². The number of benzene rings is 2. The molecule has 1 saturated heterocycles. The highest BCUT2D eigenvalue weighted by Crippen LogP contribution is 2.32. The van der Waals surface area contributed by atoms with E-state index in [1.54, 1.807) is 0 Å². The van der Waals surface area contributed by atoms with Crippen molar-refractivity contribution in [1.29, 1.82) is 0 Å². The Labute approximate surface area is 192 Å². The van der Waals surface area contributed by atoms with Crippen LogP contribution in [-0.4, -0.2) is 41.4 Å². The summed E-state index contributed by atoms with van der Waals surface area (Å²) in [4.78, 5) is 32.0. The monoisotopic (exact) mass is 449 g/mol. The molecule has 0 aliphatic carbocycles. The first-order chi connectivity index (χ1) is 15.6. The van der Waals surface area contributed by atoms with E-state index in [9.17, 15) is 9.59 Å². The molecule has 6 nitrogen and oxygen atoms in total. The second-order valence-corrected chi connectivity index (χ2v) is 8.63. The lowest BCUT2D eigenvalue weighted by molar-refractivity contribution is -0.115. The molecule has 0 unspecified atom stereocenters. The van der Waals surface area contributed by atoms with E-state index in [0.717, 1.165) is 47.8 Å². The number of carbonyl (C=O) groups excluding carboxylic acids is 2. The Morgan fingerprint density at radius 1 is 1.12 bits per heavy atom. The van der Waals surface area contributed by atoms with Crippen molar-refractivity contribution in [2.75, 3.05) is 25.0 Å². The summed E-state index contributed by atoms with van der Waals surface area (Å²) >= 11 is 1.49. The number of para-hydroxylation sites is 1. The molecule has 166 valence electrons. The van der Waals surface area contributed by atoms with Crippen LogP contribution in [-0.2, 0) is 11.2 Å². The fourth-order valence-corrected chi connectivity index (χ4v) is 4.74. The van der Waals surface area contributed by atoms with Crippen LogP contribution in [0.2, 0.25) is 0 Å². The molecular formula is C25H27N3O3S. The predicted octanol–water partition coefficient (Wildman–Crippen LogP) is 4.93. The SMILES string of the molecule is CCOc1ccccc1-c1nc(CC(=O)Nc2cccc(C(=O)N3CCCC3)c2C)cs1. The van der Waals surface area contributed by atoms with Crippen LogP contribution >= 0.6 is 11.3 Å². The maximum absolute atomic E-state index is 12.8. The molecule has 2 heterocycles. The van der Waals surface area contributed by atoms with Crippen molar-refractivity contribution in [3.05, 3.63) is 64.7 Å². The average molecular weight is 450 g/mol. The van der Waals surface area contributed by atoms with Gasteiger partial charge in [-0.25, -0.2) is 4.98 Å². The fourth-order valence-electron chi connectivity index (χ4n) is 3.89. The van der Waals surface area contributed by atoms with E-state index >= 15 is 0 Å². The number of amides is 2. The summed E-state index contributed by atoms with van der Waals surface area (Å²) in [6.07, 6.45) is 2.26. The molecule has 1 aliphatic rings. The van der Waals surface area contributed by atoms with E-state index in [-0.39, 0.29) is 18.2 Å². The first-order valence-electron chi connectivity index (χ1n) is 10.9. The van der Waals surface area contributed by atoms with Crippen molar-refractivity contribution in [1.82, 2.24) is 9.88 Å². The normalized spacial score (nSPS) is 13.2. The molecule has 1 N–H and O–H groups in total. The second-order valence-electron chi connectivity index (χ2n) is 7.78. The number of anilines is 1. The Hall–Kier alpha value is -3.19. The maximum atomic E-state index is 12.8. The van der Waals surface area contributed by atoms with Gasteiger partial charge in [0.25, 0.3) is 5.91 Å². The molecule has 2 aromatic carbocycles. The van der Waals surface area contributed by atoms with E-state index in [1.807, 2.05) is 66.6 Å². The van der Waals surface area contributed by atoms with Crippen molar-refractivity contribution in [3.8, 4) is 16.3 Å². The lowest BCUT2D eigenvalue weighted by Crippen LogP contribution is -2.28. The molecule has 2 amide bonds. The summed E-state index contributed by atoms with van der Waals surface area (Å²) in [5.41, 5.74) is 3.73. The van der Waals surface area contributed by atoms with Gasteiger partial charge in [0.05, 0.1) is 24.3 Å². The third-order valence-electron chi connectivity index (χ3n) is 5.54. The molecule has 0 bridgehead atoms. The van der Waals surface area contributed by atoms with Gasteiger partial charge in [-0.2, -0.15) is 0 Å². The summed E-state index contributed by atoms with van der Waals surface area (Å²) in [6.45, 7) is 6.01. The van der Waals surface area contributed by atoms with Crippen LogP contribution in [0.3, 0.4) is 0 Å². The second kappa shape index (κ2) is 9.96. The number of rotatable bonds is 7. The van der Waals surface area contributed by atoms with Crippen LogP contribution in [0.15, 0.2) is 47.8 Å². The molecule has 32 heavy (non-hydrogen) atoms. The van der Waals surface area contributed by atoms with E-state index in [2.05, 4.69) is 10.3 Å². The smallest absolute Gasteiger partial charge is 0.254 e. The topological polar surface area (TPSA) is 71.5 Å². The van der Waals surface area contributed by atoms with Gasteiger partial charge >= 0.3 is 0 Å². The quantitative estimate of drug-likeness (QED) is 0.555. The molecular weight excluding hydrogens is 422 g/mol. The number of likely N-dealkylation sites (tertiary alicyclic amines) is 1. The predicted molar refractivity (Wildman–Crippen MR) is 127 cm³/mol. The van der Waals surface area contributed by atoms with Crippen molar-refractivity contribution in [3.63, 3.8) is 0 Å². The highest BCUT2D eigenvalue weighted by molar-refractivity contribution is 7.13. The van der Waals surface area contributed by atoms with E-state index in [0.29, 0.717) is 23.6 Å². The Morgan fingerprint density at radius 3 is 2.69 bits per heavy atom. The molecule has 0 spiro atoms. The van der Waals surface area contributed by atoms with Crippen molar-refractivity contribution in [2.24, 2.45) is 0 Å². The average Bonchev–Trinajstić information content (AvgIpc) is 3.48. The van der Waals surface area contributed by atoms with Crippen molar-refractivity contribution in [2.45, 2.75) is 33.1 Å². The van der Waals surface area contributed by atoms with Gasteiger partial charge in [0.2, 0.25) is 5.91 Å². The zero-order valence-corrected chi connectivity index (χ0v) is 19.2. The zero-order chi connectivity index (χ0) is 22.5. The van der Waals surface area contributed by atoms with Gasteiger partial charge in [0.15, 0.2) is 0 Å². The van der Waals surface area contributed by atoms with Crippen LogP contribution in [0.4, 0.5) is 5.69 Å². The van der Waals surface area contributed by atoms with Gasteiger partial charge in [0.1, 0.15) is 10.8 Å². The number of nitrogens with one attached hydrogen (secondary N) is 1. The number of carbonyl (C=O) groups is 2. The van der Waals surface area contributed by atoms with Gasteiger partial charge in [-0.3, -0.25) is 9.59 Å². The minimum absolute atomic E-state index is 0.0354. The zero-order valence-electron chi connectivity index (χ0n) is 18.4. The number of ether oxygens (including phenoxy) is 1. The largest absolute Gasteiger partial charge is 0.493 e. The van der Waals surface area contributed by atoms with Crippen LogP contribution in [0.5, 0.6) is 5.75 Å². The van der Waals surface area contributed by atoms with Gasteiger partial charge < -0.3 is 15.0 Å². The summed E-state index contributed by atoms with van der Waals surface area (Å²) in [7, 11) is 0. The number of aromatic nitrogens is 1. The molecule has 7 heteroatoms. The maximum Gasteiger partial charge on any atom is 0.254 e. The number of hydrogen-bond donors (Lipinski definition) is 1. The Balaban J connectivity index is 1.45. The van der Waals surface area contributed by atoms with Gasteiger partial charge in [-0.05, 0) is 56.5 Å². The molecule has 3 aromatic rings. The Kier molecular flexibility index (Phi) is 6.85. The van der Waals surface area contributed by atoms with Gasteiger partial charge in [0, 0.05) is 29.7 Å². The highest BCUT2D eigenvalue weighted by Gasteiger charge is 2.22. The molecule has 1 fully saturated rings. The number of hydrogen-bond acceptors (Lipinski definition) is 5. The van der Waals surface area contributed by atoms with Crippen LogP contribution in [0.25, 0.3) is 10.6 Å².